The van der Waals surface area contributed by atoms with Crippen LogP contribution in [-0.4, -0.2) is 21.3 Å². The van der Waals surface area contributed by atoms with E-state index in [4.69, 9.17) is 0 Å². The van der Waals surface area contributed by atoms with E-state index in [-0.39, 0.29) is 0 Å². The van der Waals surface area contributed by atoms with Gasteiger partial charge in [0.1, 0.15) is 12.2 Å². The predicted octanol–water partition coefficient (Wildman–Crippen LogP) is 2.33. The molecule has 0 saturated heterocycles. The molecule has 2 rings (SSSR count). The Bertz CT molecular complexity index is 489. The first-order valence-corrected chi connectivity index (χ1v) is 7.26. The van der Waals surface area contributed by atoms with E-state index in [0.717, 1.165) is 25.2 Å². The van der Waals surface area contributed by atoms with Gasteiger partial charge in [-0.25, -0.2) is 4.98 Å². The predicted molar refractivity (Wildman–Crippen MR) is 74.8 cm³/mol. The lowest BCUT2D eigenvalue weighted by atomic mass is 10.1. The lowest BCUT2D eigenvalue weighted by molar-refractivity contribution is 0.526. The third-order valence-electron chi connectivity index (χ3n) is 3.12. The Morgan fingerprint density at radius 2 is 2.28 bits per heavy atom. The van der Waals surface area contributed by atoms with Gasteiger partial charge in [0.25, 0.3) is 0 Å². The van der Waals surface area contributed by atoms with Crippen molar-refractivity contribution in [3.63, 3.8) is 0 Å². The van der Waals surface area contributed by atoms with Gasteiger partial charge in [-0.15, -0.1) is 11.3 Å². The molecule has 1 atom stereocenters. The third kappa shape index (κ3) is 2.79. The molecule has 4 nitrogen and oxygen atoms in total. The van der Waals surface area contributed by atoms with Crippen molar-refractivity contribution in [2.75, 3.05) is 6.54 Å². The third-order valence-corrected chi connectivity index (χ3v) is 4.19. The number of aryl methyl sites for hydroxylation is 2. The summed E-state index contributed by atoms with van der Waals surface area (Å²) in [4.78, 5) is 5.75. The minimum Gasteiger partial charge on any atom is -0.309 e. The van der Waals surface area contributed by atoms with Gasteiger partial charge in [0.2, 0.25) is 0 Å². The van der Waals surface area contributed by atoms with Crippen molar-refractivity contribution in [3.05, 3.63) is 34.0 Å². The fourth-order valence-electron chi connectivity index (χ4n) is 2.14. The van der Waals surface area contributed by atoms with E-state index in [0.29, 0.717) is 6.04 Å². The van der Waals surface area contributed by atoms with Gasteiger partial charge >= 0.3 is 0 Å². The number of aromatic nitrogens is 3. The molecule has 2 aromatic rings. The second kappa shape index (κ2) is 6.11. The summed E-state index contributed by atoms with van der Waals surface area (Å²) in [5, 5.41) is 9.87. The summed E-state index contributed by atoms with van der Waals surface area (Å²) in [6.07, 6.45) is 3.59. The lowest BCUT2D eigenvalue weighted by Gasteiger charge is -2.17. The van der Waals surface area contributed by atoms with Crippen molar-refractivity contribution < 1.29 is 0 Å². The van der Waals surface area contributed by atoms with Gasteiger partial charge in [-0.05, 0) is 30.0 Å². The van der Waals surface area contributed by atoms with Crippen LogP contribution in [0.1, 0.15) is 36.2 Å². The monoisotopic (exact) mass is 264 g/mol. The number of hydrogen-bond acceptors (Lipinski definition) is 4. The van der Waals surface area contributed by atoms with Crippen molar-refractivity contribution in [1.29, 1.82) is 0 Å². The minimum atomic E-state index is 0.341. The van der Waals surface area contributed by atoms with Gasteiger partial charge in [0.05, 0.1) is 0 Å². The van der Waals surface area contributed by atoms with E-state index in [2.05, 4.69) is 40.7 Å². The largest absolute Gasteiger partial charge is 0.309 e. The number of nitrogens with zero attached hydrogens (tertiary/aromatic N) is 3. The van der Waals surface area contributed by atoms with Crippen LogP contribution in [0, 0.1) is 0 Å². The zero-order valence-electron chi connectivity index (χ0n) is 11.2. The molecule has 0 aliphatic carbocycles. The van der Waals surface area contributed by atoms with Gasteiger partial charge in [-0.3, -0.25) is 4.68 Å². The molecule has 1 unspecified atom stereocenters. The van der Waals surface area contributed by atoms with Crippen LogP contribution in [0.25, 0.3) is 0 Å². The van der Waals surface area contributed by atoms with Gasteiger partial charge in [-0.1, -0.05) is 13.8 Å². The van der Waals surface area contributed by atoms with Crippen LogP contribution < -0.4 is 5.32 Å². The molecular weight excluding hydrogens is 244 g/mol. The molecule has 0 saturated carbocycles. The molecule has 0 aromatic carbocycles. The van der Waals surface area contributed by atoms with Gasteiger partial charge < -0.3 is 5.32 Å². The van der Waals surface area contributed by atoms with Crippen LogP contribution >= 0.6 is 11.3 Å². The molecule has 98 valence electrons. The minimum absolute atomic E-state index is 0.341. The van der Waals surface area contributed by atoms with Crippen molar-refractivity contribution >= 4 is 11.3 Å². The van der Waals surface area contributed by atoms with Crippen LogP contribution in [0.5, 0.6) is 0 Å². The maximum atomic E-state index is 4.32. The van der Waals surface area contributed by atoms with E-state index in [1.54, 1.807) is 6.33 Å². The number of rotatable bonds is 6. The van der Waals surface area contributed by atoms with Gasteiger partial charge in [0.15, 0.2) is 0 Å². The van der Waals surface area contributed by atoms with E-state index in [1.165, 1.54) is 10.4 Å². The van der Waals surface area contributed by atoms with Gasteiger partial charge in [-0.2, -0.15) is 5.10 Å². The van der Waals surface area contributed by atoms with E-state index in [9.17, 15) is 0 Å². The maximum Gasteiger partial charge on any atom is 0.138 e. The second-order valence-electron chi connectivity index (χ2n) is 4.28. The van der Waals surface area contributed by atoms with Crippen LogP contribution in [0.15, 0.2) is 17.8 Å². The molecule has 0 fully saturated rings. The molecule has 1 N–H and O–H groups in total. The topological polar surface area (TPSA) is 42.7 Å². The number of likely N-dealkylation sites (N-methyl/N-ethyl adjacent to an activating group) is 1. The van der Waals surface area contributed by atoms with E-state index < -0.39 is 0 Å². The number of hydrogen-bond donors (Lipinski definition) is 1. The standard InChI is InChI=1S/C13H20N4S/c1-4-10-6-7-18-13(10)11(14-5-2)8-12-15-9-16-17(12)3/h6-7,9,11,14H,4-5,8H2,1-3H3. The van der Waals surface area contributed by atoms with Crippen molar-refractivity contribution in [1.82, 2.24) is 20.1 Å². The fraction of sp³-hybridized carbons (Fsp3) is 0.538. The Morgan fingerprint density at radius 1 is 1.44 bits per heavy atom. The Balaban J connectivity index is 2.21. The maximum absolute atomic E-state index is 4.32. The average molecular weight is 264 g/mol. The highest BCUT2D eigenvalue weighted by Crippen LogP contribution is 2.27. The summed E-state index contributed by atoms with van der Waals surface area (Å²) in [6, 6.07) is 2.56. The molecule has 2 aromatic heterocycles. The number of thiophene rings is 1. The Kier molecular flexibility index (Phi) is 4.49. The van der Waals surface area contributed by atoms with Crippen LogP contribution in [0.2, 0.25) is 0 Å². The molecule has 0 radical (unpaired) electrons. The molecule has 0 bridgehead atoms. The molecule has 18 heavy (non-hydrogen) atoms. The summed E-state index contributed by atoms with van der Waals surface area (Å²) in [7, 11) is 1.94. The van der Waals surface area contributed by atoms with Crippen molar-refractivity contribution in [2.45, 2.75) is 32.7 Å². The van der Waals surface area contributed by atoms with Crippen LogP contribution in [-0.2, 0) is 19.9 Å². The first kappa shape index (κ1) is 13.2. The molecule has 0 amide bonds. The van der Waals surface area contributed by atoms with E-state index in [1.807, 2.05) is 23.1 Å². The van der Waals surface area contributed by atoms with Crippen LogP contribution in [0.3, 0.4) is 0 Å². The molecule has 0 aliphatic rings. The SMILES string of the molecule is CCNC(Cc1ncnn1C)c1sccc1CC. The summed E-state index contributed by atoms with van der Waals surface area (Å²) < 4.78 is 1.85. The molecular formula is C13H20N4S. The first-order valence-electron chi connectivity index (χ1n) is 6.38. The lowest BCUT2D eigenvalue weighted by Crippen LogP contribution is -2.24. The quantitative estimate of drug-likeness (QED) is 0.871. The second-order valence-corrected chi connectivity index (χ2v) is 5.23. The van der Waals surface area contributed by atoms with Crippen LogP contribution in [0.4, 0.5) is 0 Å². The molecule has 2 heterocycles. The zero-order valence-corrected chi connectivity index (χ0v) is 12.0. The highest BCUT2D eigenvalue weighted by molar-refractivity contribution is 7.10. The Hall–Kier alpha value is -1.20. The normalized spacial score (nSPS) is 12.8. The van der Waals surface area contributed by atoms with Crippen molar-refractivity contribution in [3.8, 4) is 0 Å². The molecule has 0 spiro atoms. The highest BCUT2D eigenvalue weighted by atomic mass is 32.1. The summed E-state index contributed by atoms with van der Waals surface area (Å²) in [5.41, 5.74) is 1.44. The Labute approximate surface area is 112 Å². The van der Waals surface area contributed by atoms with E-state index >= 15 is 0 Å². The van der Waals surface area contributed by atoms with Crippen molar-refractivity contribution in [2.24, 2.45) is 7.05 Å². The smallest absolute Gasteiger partial charge is 0.138 e. The highest BCUT2D eigenvalue weighted by Gasteiger charge is 2.17. The number of nitrogens with one attached hydrogen (secondary N) is 1. The zero-order chi connectivity index (χ0) is 13.0. The average Bonchev–Trinajstić information content (AvgIpc) is 2.98. The Morgan fingerprint density at radius 3 is 2.89 bits per heavy atom. The molecule has 5 heteroatoms. The van der Waals surface area contributed by atoms with Gasteiger partial charge in [0, 0.05) is 24.4 Å². The summed E-state index contributed by atoms with van der Waals surface area (Å²) >= 11 is 1.83. The summed E-state index contributed by atoms with van der Waals surface area (Å²) in [6.45, 7) is 5.31. The first-order chi connectivity index (χ1) is 8.76. The fourth-order valence-corrected chi connectivity index (χ4v) is 3.21. The molecule has 0 aliphatic heterocycles. The summed E-state index contributed by atoms with van der Waals surface area (Å²) in [5.74, 6) is 1.02.